The number of nitrogens with one attached hydrogen (secondary N) is 2. The van der Waals surface area contributed by atoms with Gasteiger partial charge in [0.15, 0.2) is 5.03 Å². The quantitative estimate of drug-likeness (QED) is 0.650. The minimum Gasteiger partial charge on any atom is -0.507 e. The van der Waals surface area contributed by atoms with Crippen molar-refractivity contribution in [3.63, 3.8) is 0 Å². The molecule has 8 nitrogen and oxygen atoms in total. The van der Waals surface area contributed by atoms with Crippen LogP contribution in [0, 0.1) is 0 Å². The van der Waals surface area contributed by atoms with E-state index in [1.165, 1.54) is 18.3 Å². The Bertz CT molecular complexity index is 709. The molecule has 0 aliphatic rings. The van der Waals surface area contributed by atoms with E-state index in [0.717, 1.165) is 12.1 Å². The van der Waals surface area contributed by atoms with E-state index in [9.17, 15) is 18.3 Å². The second-order valence-corrected chi connectivity index (χ2v) is 5.21. The number of aromatic nitrogens is 2. The molecule has 0 amide bonds. The van der Waals surface area contributed by atoms with Crippen LogP contribution in [0.4, 0.5) is 5.69 Å². The first-order chi connectivity index (χ1) is 8.90. The van der Waals surface area contributed by atoms with E-state index in [2.05, 4.69) is 14.9 Å². The molecule has 0 spiro atoms. The number of benzene rings is 1. The minimum atomic E-state index is -3.85. The molecule has 4 N–H and O–H groups in total. The van der Waals surface area contributed by atoms with E-state index < -0.39 is 21.7 Å². The number of carbonyl (C=O) groups is 1. The summed E-state index contributed by atoms with van der Waals surface area (Å²) < 4.78 is 25.8. The van der Waals surface area contributed by atoms with Gasteiger partial charge in [0.05, 0.1) is 11.9 Å². The molecular formula is C10H9N3O5S. The van der Waals surface area contributed by atoms with Crippen molar-refractivity contribution in [2.75, 3.05) is 4.72 Å². The summed E-state index contributed by atoms with van der Waals surface area (Å²) >= 11 is 0. The lowest BCUT2D eigenvalue weighted by Crippen LogP contribution is -2.13. The molecule has 100 valence electrons. The third kappa shape index (κ3) is 2.65. The Morgan fingerprint density at radius 1 is 1.32 bits per heavy atom. The van der Waals surface area contributed by atoms with Crippen LogP contribution in [0.2, 0.25) is 0 Å². The summed E-state index contributed by atoms with van der Waals surface area (Å²) in [6.07, 6.45) is 1.28. The van der Waals surface area contributed by atoms with Crippen molar-refractivity contribution in [1.82, 2.24) is 10.2 Å². The number of aromatic carboxylic acids is 1. The van der Waals surface area contributed by atoms with Gasteiger partial charge in [0, 0.05) is 6.07 Å². The number of carboxylic acid groups (broad SMARTS) is 1. The first-order valence-electron chi connectivity index (χ1n) is 4.98. The van der Waals surface area contributed by atoms with Gasteiger partial charge in [-0.15, -0.1) is 0 Å². The van der Waals surface area contributed by atoms with Crippen LogP contribution in [0.15, 0.2) is 35.5 Å². The second-order valence-electron chi connectivity index (χ2n) is 3.56. The summed E-state index contributed by atoms with van der Waals surface area (Å²) in [7, 11) is -3.85. The highest BCUT2D eigenvalue weighted by atomic mass is 32.2. The topological polar surface area (TPSA) is 132 Å². The van der Waals surface area contributed by atoms with E-state index in [-0.39, 0.29) is 16.3 Å². The number of sulfonamides is 1. The molecular weight excluding hydrogens is 274 g/mol. The van der Waals surface area contributed by atoms with Gasteiger partial charge in [-0.1, -0.05) is 0 Å². The van der Waals surface area contributed by atoms with Crippen LogP contribution >= 0.6 is 0 Å². The number of rotatable bonds is 4. The number of anilines is 1. The number of aromatic amines is 1. The predicted octanol–water partition coefficient (Wildman–Crippen LogP) is 0.614. The van der Waals surface area contributed by atoms with Gasteiger partial charge in [-0.05, 0) is 18.2 Å². The normalized spacial score (nSPS) is 11.2. The Hall–Kier alpha value is -2.55. The average Bonchev–Trinajstić information content (AvgIpc) is 2.81. The Labute approximate surface area is 107 Å². The Morgan fingerprint density at radius 2 is 2.05 bits per heavy atom. The number of aromatic hydroxyl groups is 1. The fraction of sp³-hybridized carbons (Fsp3) is 0. The predicted molar refractivity (Wildman–Crippen MR) is 64.5 cm³/mol. The van der Waals surface area contributed by atoms with Gasteiger partial charge in [0.1, 0.15) is 11.3 Å². The van der Waals surface area contributed by atoms with Gasteiger partial charge in [-0.25, -0.2) is 4.79 Å². The molecule has 0 radical (unpaired) electrons. The molecule has 0 aliphatic carbocycles. The third-order valence-corrected chi connectivity index (χ3v) is 3.56. The molecule has 1 heterocycles. The smallest absolute Gasteiger partial charge is 0.339 e. The lowest BCUT2D eigenvalue weighted by atomic mass is 10.2. The molecule has 9 heteroatoms. The highest BCUT2D eigenvalue weighted by molar-refractivity contribution is 7.92. The maximum Gasteiger partial charge on any atom is 0.339 e. The molecule has 0 saturated carbocycles. The highest BCUT2D eigenvalue weighted by Gasteiger charge is 2.17. The zero-order valence-electron chi connectivity index (χ0n) is 9.36. The zero-order valence-corrected chi connectivity index (χ0v) is 10.2. The molecule has 0 saturated heterocycles. The summed E-state index contributed by atoms with van der Waals surface area (Å²) in [4.78, 5) is 10.7. The summed E-state index contributed by atoms with van der Waals surface area (Å²) in [5.74, 6) is -1.84. The van der Waals surface area contributed by atoms with Crippen molar-refractivity contribution in [2.45, 2.75) is 5.03 Å². The first kappa shape index (κ1) is 12.9. The lowest BCUT2D eigenvalue weighted by Gasteiger charge is -2.07. The lowest BCUT2D eigenvalue weighted by molar-refractivity contribution is 0.0694. The molecule has 19 heavy (non-hydrogen) atoms. The summed E-state index contributed by atoms with van der Waals surface area (Å²) in [6, 6.07) is 4.60. The van der Waals surface area contributed by atoms with Crippen molar-refractivity contribution in [3.8, 4) is 5.75 Å². The summed E-state index contributed by atoms with van der Waals surface area (Å²) in [5, 5.41) is 23.8. The number of phenols is 1. The SMILES string of the molecule is O=C(O)c1ccc(NS(=O)(=O)c2ccn[nH]2)cc1O. The van der Waals surface area contributed by atoms with Crippen molar-refractivity contribution >= 4 is 21.7 Å². The van der Waals surface area contributed by atoms with Crippen LogP contribution in [0.25, 0.3) is 0 Å². The van der Waals surface area contributed by atoms with E-state index >= 15 is 0 Å². The van der Waals surface area contributed by atoms with Gasteiger partial charge in [-0.2, -0.15) is 13.5 Å². The third-order valence-electron chi connectivity index (χ3n) is 2.25. The zero-order chi connectivity index (χ0) is 14.0. The van der Waals surface area contributed by atoms with Crippen LogP contribution in [0.5, 0.6) is 5.75 Å². The van der Waals surface area contributed by atoms with E-state index in [1.807, 2.05) is 0 Å². The summed E-state index contributed by atoms with van der Waals surface area (Å²) in [6.45, 7) is 0. The molecule has 0 aliphatic heterocycles. The maximum atomic E-state index is 11.8. The van der Waals surface area contributed by atoms with Gasteiger partial charge in [0.25, 0.3) is 10.0 Å². The van der Waals surface area contributed by atoms with E-state index in [1.54, 1.807) is 0 Å². The maximum absolute atomic E-state index is 11.8. The Kier molecular flexibility index (Phi) is 3.13. The van der Waals surface area contributed by atoms with Crippen LogP contribution in [0.1, 0.15) is 10.4 Å². The molecule has 2 rings (SSSR count). The van der Waals surface area contributed by atoms with E-state index in [4.69, 9.17) is 5.11 Å². The number of carboxylic acids is 1. The molecule has 0 atom stereocenters. The summed E-state index contributed by atoms with van der Waals surface area (Å²) in [5.41, 5.74) is -0.276. The molecule has 0 bridgehead atoms. The Morgan fingerprint density at radius 3 is 2.58 bits per heavy atom. The fourth-order valence-electron chi connectivity index (χ4n) is 1.38. The number of hydrogen-bond donors (Lipinski definition) is 4. The van der Waals surface area contributed by atoms with Crippen LogP contribution in [-0.4, -0.2) is 34.8 Å². The van der Waals surface area contributed by atoms with Crippen LogP contribution < -0.4 is 4.72 Å². The van der Waals surface area contributed by atoms with Crippen molar-refractivity contribution in [3.05, 3.63) is 36.0 Å². The molecule has 1 aromatic heterocycles. The first-order valence-corrected chi connectivity index (χ1v) is 6.47. The van der Waals surface area contributed by atoms with Gasteiger partial charge in [-0.3, -0.25) is 9.82 Å². The van der Waals surface area contributed by atoms with Crippen LogP contribution in [-0.2, 0) is 10.0 Å². The number of H-pyrrole nitrogens is 1. The number of nitrogens with zero attached hydrogens (tertiary/aromatic N) is 1. The van der Waals surface area contributed by atoms with Crippen molar-refractivity contribution in [2.24, 2.45) is 0 Å². The largest absolute Gasteiger partial charge is 0.507 e. The fourth-order valence-corrected chi connectivity index (χ4v) is 2.34. The highest BCUT2D eigenvalue weighted by Crippen LogP contribution is 2.23. The van der Waals surface area contributed by atoms with Gasteiger partial charge in [0.2, 0.25) is 0 Å². The van der Waals surface area contributed by atoms with Crippen molar-refractivity contribution < 1.29 is 23.4 Å². The second kappa shape index (κ2) is 4.61. The average molecular weight is 283 g/mol. The molecule has 0 fully saturated rings. The van der Waals surface area contributed by atoms with Crippen molar-refractivity contribution in [1.29, 1.82) is 0 Å². The molecule has 2 aromatic rings. The Balaban J connectivity index is 2.30. The molecule has 1 aromatic carbocycles. The van der Waals surface area contributed by atoms with Gasteiger partial charge < -0.3 is 10.2 Å². The molecule has 0 unspecified atom stereocenters. The van der Waals surface area contributed by atoms with E-state index in [0.29, 0.717) is 0 Å². The van der Waals surface area contributed by atoms with Gasteiger partial charge >= 0.3 is 5.97 Å². The standard InChI is InChI=1S/C10H9N3O5S/c14-8-5-6(1-2-7(8)10(15)16)13-19(17,18)9-3-4-11-12-9/h1-5,13-14H,(H,11,12)(H,15,16). The minimum absolute atomic E-state index is 0.0390. The number of hydrogen-bond acceptors (Lipinski definition) is 5. The van der Waals surface area contributed by atoms with Crippen LogP contribution in [0.3, 0.4) is 0 Å². The monoisotopic (exact) mass is 283 g/mol.